The second-order valence-corrected chi connectivity index (χ2v) is 5.38. The number of amides is 2. The zero-order valence-corrected chi connectivity index (χ0v) is 12.8. The highest BCUT2D eigenvalue weighted by Crippen LogP contribution is 2.30. The summed E-state index contributed by atoms with van der Waals surface area (Å²) in [5, 5.41) is 11.2. The van der Waals surface area contributed by atoms with Gasteiger partial charge in [-0.05, 0) is 19.3 Å². The summed E-state index contributed by atoms with van der Waals surface area (Å²) in [6.07, 6.45) is 6.09. The molecule has 1 saturated heterocycles. The van der Waals surface area contributed by atoms with Crippen LogP contribution >= 0.6 is 0 Å². The van der Waals surface area contributed by atoms with Gasteiger partial charge < -0.3 is 15.3 Å². The first-order valence-electron chi connectivity index (χ1n) is 7.57. The lowest BCUT2D eigenvalue weighted by molar-refractivity contribution is -0.129. The second kappa shape index (κ2) is 7.84. The number of nitrogens with one attached hydrogen (secondary N) is 1. The molecular formula is C15H22N4O3. The first kappa shape index (κ1) is 16.4. The third kappa shape index (κ3) is 4.24. The fraction of sp³-hybridized carbons (Fsp3) is 0.600. The van der Waals surface area contributed by atoms with Gasteiger partial charge in [-0.1, -0.05) is 0 Å². The minimum absolute atomic E-state index is 0.0203. The first-order chi connectivity index (χ1) is 10.6. The van der Waals surface area contributed by atoms with E-state index in [1.54, 1.807) is 19.3 Å². The molecule has 2 amide bonds. The van der Waals surface area contributed by atoms with Gasteiger partial charge in [-0.2, -0.15) is 0 Å². The summed E-state index contributed by atoms with van der Waals surface area (Å²) >= 11 is 0. The number of carbonyl (C=O) groups is 2. The molecule has 1 fully saturated rings. The van der Waals surface area contributed by atoms with Crippen LogP contribution in [0.5, 0.6) is 0 Å². The number of aliphatic hydroxyl groups excluding tert-OH is 1. The van der Waals surface area contributed by atoms with E-state index in [9.17, 15) is 9.59 Å². The first-order valence-corrected chi connectivity index (χ1v) is 7.57. The van der Waals surface area contributed by atoms with E-state index in [4.69, 9.17) is 5.11 Å². The second-order valence-electron chi connectivity index (χ2n) is 5.38. The van der Waals surface area contributed by atoms with Gasteiger partial charge in [0.05, 0.1) is 30.2 Å². The lowest BCUT2D eigenvalue weighted by atomic mass is 10.1. The predicted molar refractivity (Wildman–Crippen MR) is 79.8 cm³/mol. The number of hydrogen-bond acceptors (Lipinski definition) is 5. The zero-order valence-electron chi connectivity index (χ0n) is 12.8. The summed E-state index contributed by atoms with van der Waals surface area (Å²) in [5.41, 5.74) is 1.55. The van der Waals surface area contributed by atoms with Gasteiger partial charge in [0.1, 0.15) is 0 Å². The highest BCUT2D eigenvalue weighted by Gasteiger charge is 2.28. The van der Waals surface area contributed by atoms with Crippen molar-refractivity contribution in [3.05, 3.63) is 23.8 Å². The van der Waals surface area contributed by atoms with Gasteiger partial charge in [0.15, 0.2) is 0 Å². The molecule has 0 spiro atoms. The Morgan fingerprint density at radius 2 is 2.23 bits per heavy atom. The largest absolute Gasteiger partial charge is 0.395 e. The molecule has 0 aliphatic carbocycles. The van der Waals surface area contributed by atoms with Crippen LogP contribution in [0.25, 0.3) is 0 Å². The molecule has 22 heavy (non-hydrogen) atoms. The van der Waals surface area contributed by atoms with Crippen LogP contribution in [-0.4, -0.2) is 51.5 Å². The topological polar surface area (TPSA) is 95.4 Å². The van der Waals surface area contributed by atoms with Crippen molar-refractivity contribution in [3.63, 3.8) is 0 Å². The molecular weight excluding hydrogens is 284 g/mol. The van der Waals surface area contributed by atoms with Crippen molar-refractivity contribution in [1.82, 2.24) is 20.2 Å². The van der Waals surface area contributed by atoms with Gasteiger partial charge >= 0.3 is 0 Å². The molecule has 1 aliphatic heterocycles. The fourth-order valence-corrected chi connectivity index (χ4v) is 2.64. The predicted octanol–water partition coefficient (Wildman–Crippen LogP) is 0.201. The number of aryl methyl sites for hydroxylation is 1. The standard InChI is InChI=1S/C15H22N4O3/c1-11(21)19-7-2-3-14(19)13-10-17-12(9-18-13)4-5-15(22)16-6-8-20/h9-10,14,20H,2-8H2,1H3,(H,16,22)/t14-/m1/s1. The number of aliphatic hydroxyl groups is 1. The van der Waals surface area contributed by atoms with E-state index in [-0.39, 0.29) is 31.0 Å². The SMILES string of the molecule is CC(=O)N1CCC[C@@H]1c1cnc(CCC(=O)NCCO)cn1. The van der Waals surface area contributed by atoms with E-state index in [1.165, 1.54) is 0 Å². The fourth-order valence-electron chi connectivity index (χ4n) is 2.64. The third-order valence-electron chi connectivity index (χ3n) is 3.77. The number of hydrogen-bond donors (Lipinski definition) is 2. The summed E-state index contributed by atoms with van der Waals surface area (Å²) in [5.74, 6) is -0.0487. The van der Waals surface area contributed by atoms with Gasteiger partial charge in [0, 0.05) is 32.6 Å². The maximum Gasteiger partial charge on any atom is 0.220 e. The molecule has 2 N–H and O–H groups in total. The Hall–Kier alpha value is -2.02. The Morgan fingerprint density at radius 1 is 1.41 bits per heavy atom. The number of aromatic nitrogens is 2. The van der Waals surface area contributed by atoms with Gasteiger partial charge in [0.2, 0.25) is 11.8 Å². The molecule has 0 radical (unpaired) electrons. The number of carbonyl (C=O) groups excluding carboxylic acids is 2. The van der Waals surface area contributed by atoms with Crippen molar-refractivity contribution in [2.75, 3.05) is 19.7 Å². The lowest BCUT2D eigenvalue weighted by Gasteiger charge is -2.22. The highest BCUT2D eigenvalue weighted by atomic mass is 16.3. The van der Waals surface area contributed by atoms with E-state index < -0.39 is 0 Å². The molecule has 0 aromatic carbocycles. The van der Waals surface area contributed by atoms with E-state index in [2.05, 4.69) is 15.3 Å². The molecule has 2 heterocycles. The minimum Gasteiger partial charge on any atom is -0.395 e. The Balaban J connectivity index is 1.90. The maximum atomic E-state index is 11.6. The number of rotatable bonds is 6. The van der Waals surface area contributed by atoms with Crippen LogP contribution in [0, 0.1) is 0 Å². The Morgan fingerprint density at radius 3 is 2.86 bits per heavy atom. The van der Waals surface area contributed by atoms with Gasteiger partial charge in [-0.25, -0.2) is 0 Å². The van der Waals surface area contributed by atoms with Crippen molar-refractivity contribution in [2.24, 2.45) is 0 Å². The Kier molecular flexibility index (Phi) is 5.83. The summed E-state index contributed by atoms with van der Waals surface area (Å²) in [7, 11) is 0. The zero-order chi connectivity index (χ0) is 15.9. The van der Waals surface area contributed by atoms with Gasteiger partial charge in [-0.3, -0.25) is 19.6 Å². The van der Waals surface area contributed by atoms with Crippen molar-refractivity contribution >= 4 is 11.8 Å². The molecule has 1 aromatic heterocycles. The Bertz CT molecular complexity index is 518. The number of likely N-dealkylation sites (tertiary alicyclic amines) is 1. The Labute approximate surface area is 129 Å². The smallest absolute Gasteiger partial charge is 0.220 e. The maximum absolute atomic E-state index is 11.6. The van der Waals surface area contributed by atoms with Crippen LogP contribution in [0.15, 0.2) is 12.4 Å². The molecule has 0 saturated carbocycles. The van der Waals surface area contributed by atoms with Crippen LogP contribution in [-0.2, 0) is 16.0 Å². The molecule has 120 valence electrons. The van der Waals surface area contributed by atoms with Crippen LogP contribution in [0.2, 0.25) is 0 Å². The summed E-state index contributed by atoms with van der Waals surface area (Å²) < 4.78 is 0. The summed E-state index contributed by atoms with van der Waals surface area (Å²) in [6.45, 7) is 2.56. The quantitative estimate of drug-likeness (QED) is 0.783. The molecule has 2 rings (SSSR count). The molecule has 0 unspecified atom stereocenters. The van der Waals surface area contributed by atoms with E-state index >= 15 is 0 Å². The highest BCUT2D eigenvalue weighted by molar-refractivity contribution is 5.76. The molecule has 1 aromatic rings. The van der Waals surface area contributed by atoms with Crippen molar-refractivity contribution < 1.29 is 14.7 Å². The van der Waals surface area contributed by atoms with Gasteiger partial charge in [0.25, 0.3) is 0 Å². The third-order valence-corrected chi connectivity index (χ3v) is 3.77. The molecule has 1 aliphatic rings. The average Bonchev–Trinajstić information content (AvgIpc) is 3.01. The van der Waals surface area contributed by atoms with Crippen LogP contribution in [0.4, 0.5) is 0 Å². The van der Waals surface area contributed by atoms with Crippen molar-refractivity contribution in [3.8, 4) is 0 Å². The summed E-state index contributed by atoms with van der Waals surface area (Å²) in [4.78, 5) is 33.6. The van der Waals surface area contributed by atoms with Crippen molar-refractivity contribution in [2.45, 2.75) is 38.6 Å². The monoisotopic (exact) mass is 306 g/mol. The number of nitrogens with zero attached hydrogens (tertiary/aromatic N) is 3. The minimum atomic E-state index is -0.113. The lowest BCUT2D eigenvalue weighted by Crippen LogP contribution is -2.28. The van der Waals surface area contributed by atoms with Crippen LogP contribution in [0.3, 0.4) is 0 Å². The van der Waals surface area contributed by atoms with Crippen LogP contribution < -0.4 is 5.32 Å². The molecule has 7 nitrogen and oxygen atoms in total. The van der Waals surface area contributed by atoms with E-state index in [0.717, 1.165) is 30.8 Å². The van der Waals surface area contributed by atoms with Crippen molar-refractivity contribution in [1.29, 1.82) is 0 Å². The van der Waals surface area contributed by atoms with Gasteiger partial charge in [-0.15, -0.1) is 0 Å². The molecule has 1 atom stereocenters. The van der Waals surface area contributed by atoms with E-state index in [1.807, 2.05) is 4.90 Å². The molecule has 0 bridgehead atoms. The van der Waals surface area contributed by atoms with Crippen LogP contribution in [0.1, 0.15) is 43.6 Å². The molecule has 7 heteroatoms. The van der Waals surface area contributed by atoms with E-state index in [0.29, 0.717) is 12.8 Å². The average molecular weight is 306 g/mol. The summed E-state index contributed by atoms with van der Waals surface area (Å²) in [6, 6.07) is 0.0203. The normalized spacial score (nSPS) is 17.5.